The Bertz CT molecular complexity index is 795. The molecule has 2 aromatic rings. The van der Waals surface area contributed by atoms with E-state index in [9.17, 15) is 4.79 Å². The number of alkyl halides is 1. The summed E-state index contributed by atoms with van der Waals surface area (Å²) in [6.45, 7) is 4.03. The highest BCUT2D eigenvalue weighted by atomic mass is 79.9. The van der Waals surface area contributed by atoms with Crippen molar-refractivity contribution in [1.82, 2.24) is 0 Å². The highest BCUT2D eigenvalue weighted by Crippen LogP contribution is 2.33. The molecule has 0 amide bonds. The Balaban J connectivity index is 1.70. The quantitative estimate of drug-likeness (QED) is 0.257. The second-order valence-electron chi connectivity index (χ2n) is 7.07. The van der Waals surface area contributed by atoms with Crippen molar-refractivity contribution in [3.63, 3.8) is 0 Å². The van der Waals surface area contributed by atoms with Crippen LogP contribution in [0.1, 0.15) is 29.8 Å². The Morgan fingerprint density at radius 1 is 1.14 bits per heavy atom. The van der Waals surface area contributed by atoms with Gasteiger partial charge >= 0.3 is 0 Å². The van der Waals surface area contributed by atoms with Gasteiger partial charge in [0.25, 0.3) is 0 Å². The second kappa shape index (κ2) is 9.45. The van der Waals surface area contributed by atoms with Crippen LogP contribution in [-0.2, 0) is 20.9 Å². The van der Waals surface area contributed by atoms with Crippen LogP contribution in [0.5, 0.6) is 0 Å². The molecule has 0 bridgehead atoms. The minimum atomic E-state index is -0.807. The van der Waals surface area contributed by atoms with Gasteiger partial charge in [-0.3, -0.25) is 4.79 Å². The highest BCUT2D eigenvalue weighted by molar-refractivity contribution is 9.09. The summed E-state index contributed by atoms with van der Waals surface area (Å²) in [5.74, 6) is -1.21. The van der Waals surface area contributed by atoms with Crippen molar-refractivity contribution in [3.8, 4) is 0 Å². The standard InChI is InChI=1S/C22H24BrNO4/c1-22(2)27-19(14-24-26-15-16-9-5-3-6-10-16)21(28-22)18(13-23)20(25)17-11-7-4-8-12-17/h3-12,14,18-19,21H,13,15H2,1-2H3/b24-14-/t18-,19+,21+/m1/s1. The van der Waals surface area contributed by atoms with Gasteiger partial charge in [0.2, 0.25) is 0 Å². The first-order valence-electron chi connectivity index (χ1n) is 9.20. The molecule has 2 aromatic carbocycles. The molecule has 1 fully saturated rings. The topological polar surface area (TPSA) is 57.1 Å². The summed E-state index contributed by atoms with van der Waals surface area (Å²) in [5, 5.41) is 4.51. The van der Waals surface area contributed by atoms with Gasteiger partial charge in [0.05, 0.1) is 12.1 Å². The first-order chi connectivity index (χ1) is 13.5. The van der Waals surface area contributed by atoms with Crippen molar-refractivity contribution in [3.05, 3.63) is 71.8 Å². The molecule has 0 saturated carbocycles. The normalized spacial score (nSPS) is 22.2. The van der Waals surface area contributed by atoms with E-state index in [1.165, 1.54) is 0 Å². The van der Waals surface area contributed by atoms with Crippen LogP contribution in [-0.4, -0.2) is 35.3 Å². The number of benzene rings is 2. The first kappa shape index (κ1) is 20.7. The Hall–Kier alpha value is -2.02. The van der Waals surface area contributed by atoms with Crippen molar-refractivity contribution >= 4 is 27.9 Å². The van der Waals surface area contributed by atoms with E-state index in [4.69, 9.17) is 14.3 Å². The Morgan fingerprint density at radius 3 is 2.43 bits per heavy atom. The van der Waals surface area contributed by atoms with Gasteiger partial charge in [-0.15, -0.1) is 0 Å². The number of hydrogen-bond donors (Lipinski definition) is 0. The van der Waals surface area contributed by atoms with Gasteiger partial charge in [-0.25, -0.2) is 0 Å². The number of carbonyl (C=O) groups is 1. The molecule has 1 aliphatic rings. The molecular formula is C22H24BrNO4. The van der Waals surface area contributed by atoms with Crippen molar-refractivity contribution in [1.29, 1.82) is 0 Å². The molecule has 0 unspecified atom stereocenters. The van der Waals surface area contributed by atoms with Crippen LogP contribution in [0.25, 0.3) is 0 Å². The Labute approximate surface area is 173 Å². The summed E-state index contributed by atoms with van der Waals surface area (Å²) in [4.78, 5) is 18.4. The predicted octanol–water partition coefficient (Wildman–Crippen LogP) is 4.60. The number of rotatable bonds is 8. The number of carbonyl (C=O) groups excluding carboxylic acids is 1. The van der Waals surface area contributed by atoms with Gasteiger partial charge in [0.1, 0.15) is 18.8 Å². The van der Waals surface area contributed by atoms with E-state index in [1.54, 1.807) is 6.21 Å². The maximum atomic E-state index is 13.0. The number of hydrogen-bond acceptors (Lipinski definition) is 5. The third-order valence-electron chi connectivity index (χ3n) is 4.48. The monoisotopic (exact) mass is 445 g/mol. The van der Waals surface area contributed by atoms with E-state index >= 15 is 0 Å². The molecule has 5 nitrogen and oxygen atoms in total. The van der Waals surface area contributed by atoms with Gasteiger partial charge < -0.3 is 14.3 Å². The van der Waals surface area contributed by atoms with Crippen LogP contribution in [0.15, 0.2) is 65.8 Å². The van der Waals surface area contributed by atoms with Crippen LogP contribution in [0.3, 0.4) is 0 Å². The molecule has 0 N–H and O–H groups in total. The molecule has 3 rings (SSSR count). The summed E-state index contributed by atoms with van der Waals surface area (Å²) < 4.78 is 12.0. The summed E-state index contributed by atoms with van der Waals surface area (Å²) in [7, 11) is 0. The highest BCUT2D eigenvalue weighted by Gasteiger charge is 2.46. The number of nitrogens with zero attached hydrogens (tertiary/aromatic N) is 1. The van der Waals surface area contributed by atoms with Crippen molar-refractivity contribution < 1.29 is 19.1 Å². The van der Waals surface area contributed by atoms with E-state index in [-0.39, 0.29) is 5.78 Å². The van der Waals surface area contributed by atoms with E-state index in [0.717, 1.165) is 5.56 Å². The van der Waals surface area contributed by atoms with E-state index in [0.29, 0.717) is 17.5 Å². The maximum Gasteiger partial charge on any atom is 0.169 e. The van der Waals surface area contributed by atoms with Crippen LogP contribution < -0.4 is 0 Å². The number of ether oxygens (including phenoxy) is 2. The van der Waals surface area contributed by atoms with Crippen LogP contribution in [0, 0.1) is 5.92 Å². The molecule has 148 valence electrons. The summed E-state index contributed by atoms with van der Waals surface area (Å²) in [6, 6.07) is 19.0. The molecule has 1 heterocycles. The second-order valence-corrected chi connectivity index (χ2v) is 7.72. The lowest BCUT2D eigenvalue weighted by Gasteiger charge is -2.23. The lowest BCUT2D eigenvalue weighted by Crippen LogP contribution is -2.38. The molecule has 0 spiro atoms. The molecule has 6 heteroatoms. The Kier molecular flexibility index (Phi) is 6.99. The molecule has 3 atom stereocenters. The van der Waals surface area contributed by atoms with Crippen molar-refractivity contribution in [2.24, 2.45) is 11.1 Å². The first-order valence-corrected chi connectivity index (χ1v) is 10.3. The lowest BCUT2D eigenvalue weighted by molar-refractivity contribution is -0.144. The zero-order valence-electron chi connectivity index (χ0n) is 16.0. The minimum absolute atomic E-state index is 0.00683. The minimum Gasteiger partial charge on any atom is -0.391 e. The molecule has 1 aliphatic heterocycles. The van der Waals surface area contributed by atoms with Gasteiger partial charge in [-0.1, -0.05) is 81.7 Å². The number of Topliss-reactive ketones (excluding diaryl/α,β-unsaturated/α-hetero) is 1. The smallest absolute Gasteiger partial charge is 0.169 e. The molecule has 0 radical (unpaired) electrons. The number of oxime groups is 1. The van der Waals surface area contributed by atoms with E-state index in [1.807, 2.05) is 74.5 Å². The van der Waals surface area contributed by atoms with Crippen LogP contribution in [0.2, 0.25) is 0 Å². The fourth-order valence-electron chi connectivity index (χ4n) is 3.16. The fraction of sp³-hybridized carbons (Fsp3) is 0.364. The van der Waals surface area contributed by atoms with Crippen molar-refractivity contribution in [2.45, 2.75) is 38.4 Å². The van der Waals surface area contributed by atoms with Crippen LogP contribution in [0.4, 0.5) is 0 Å². The van der Waals surface area contributed by atoms with Gasteiger partial charge in [-0.2, -0.15) is 0 Å². The lowest BCUT2D eigenvalue weighted by atomic mass is 9.91. The maximum absolute atomic E-state index is 13.0. The zero-order valence-corrected chi connectivity index (χ0v) is 17.5. The third kappa shape index (κ3) is 5.28. The fourth-order valence-corrected chi connectivity index (χ4v) is 3.82. The molecule has 0 aromatic heterocycles. The largest absolute Gasteiger partial charge is 0.391 e. The molecule has 1 saturated heterocycles. The summed E-state index contributed by atoms with van der Waals surface area (Å²) in [6.07, 6.45) is 0.628. The third-order valence-corrected chi connectivity index (χ3v) is 5.18. The average Bonchev–Trinajstić information content (AvgIpc) is 3.01. The summed E-state index contributed by atoms with van der Waals surface area (Å²) >= 11 is 3.47. The van der Waals surface area contributed by atoms with Crippen LogP contribution >= 0.6 is 15.9 Å². The van der Waals surface area contributed by atoms with Gasteiger partial charge in [0.15, 0.2) is 11.6 Å². The van der Waals surface area contributed by atoms with Gasteiger partial charge in [0, 0.05) is 10.9 Å². The van der Waals surface area contributed by atoms with Gasteiger partial charge in [-0.05, 0) is 19.4 Å². The molecular weight excluding hydrogens is 422 g/mol. The molecule has 0 aliphatic carbocycles. The predicted molar refractivity (Wildman–Crippen MR) is 112 cm³/mol. The summed E-state index contributed by atoms with van der Waals surface area (Å²) in [5.41, 5.74) is 1.67. The van der Waals surface area contributed by atoms with E-state index < -0.39 is 23.9 Å². The SMILES string of the molecule is CC1(C)O[C@@H]([C@H](CBr)C(=O)c2ccccc2)[C@H](/C=N\OCc2ccccc2)O1. The molecule has 28 heavy (non-hydrogen) atoms. The average molecular weight is 446 g/mol. The van der Waals surface area contributed by atoms with E-state index in [2.05, 4.69) is 21.1 Å². The van der Waals surface area contributed by atoms with Crippen molar-refractivity contribution in [2.75, 3.05) is 5.33 Å². The Morgan fingerprint density at radius 2 is 1.79 bits per heavy atom. The number of halogens is 1. The zero-order chi connectivity index (χ0) is 20.0. The number of ketones is 1.